The van der Waals surface area contributed by atoms with Crippen LogP contribution < -0.4 is 0 Å². The average Bonchev–Trinajstić information content (AvgIpc) is 3.52. The van der Waals surface area contributed by atoms with Crippen molar-refractivity contribution in [2.24, 2.45) is 9.98 Å². The van der Waals surface area contributed by atoms with Crippen LogP contribution in [0, 0.1) is 0 Å². The molecule has 0 aliphatic heterocycles. The quantitative estimate of drug-likeness (QED) is 0.0773. The fourth-order valence-corrected chi connectivity index (χ4v) is 5.56. The number of aliphatic imine (C=N–C) groups is 2. The number of hydrogen-bond acceptors (Lipinski definition) is 6. The predicted octanol–water partition coefficient (Wildman–Crippen LogP) is 8.06. The lowest BCUT2D eigenvalue weighted by atomic mass is 10.1. The Labute approximate surface area is 280 Å². The lowest BCUT2D eigenvalue weighted by molar-refractivity contribution is 0.392. The molecule has 0 saturated carbocycles. The van der Waals surface area contributed by atoms with Crippen LogP contribution in [0.5, 0.6) is 0 Å². The summed E-state index contributed by atoms with van der Waals surface area (Å²) in [5.74, 6) is 0.702. The zero-order valence-electron chi connectivity index (χ0n) is 28.5. The topological polar surface area (TPSA) is 61.9 Å². The molecule has 0 aliphatic rings. The van der Waals surface area contributed by atoms with Gasteiger partial charge in [-0.05, 0) is 96.3 Å². The highest BCUT2D eigenvalue weighted by Gasteiger charge is 2.15. The molecule has 7 heteroatoms. The molecular formula is C40H49N7. The zero-order valence-corrected chi connectivity index (χ0v) is 28.5. The average molecular weight is 628 g/mol. The summed E-state index contributed by atoms with van der Waals surface area (Å²) in [5.41, 5.74) is 7.09. The molecule has 0 atom stereocenters. The fourth-order valence-electron chi connectivity index (χ4n) is 5.56. The van der Waals surface area contributed by atoms with Crippen molar-refractivity contribution in [3.05, 3.63) is 102 Å². The van der Waals surface area contributed by atoms with E-state index in [-0.39, 0.29) is 0 Å². The van der Waals surface area contributed by atoms with Gasteiger partial charge < -0.3 is 14.4 Å². The van der Waals surface area contributed by atoms with Gasteiger partial charge >= 0.3 is 0 Å². The van der Waals surface area contributed by atoms with Crippen molar-refractivity contribution in [2.45, 2.75) is 38.5 Å². The molecule has 5 rings (SSSR count). The molecule has 3 aromatic carbocycles. The second kappa shape index (κ2) is 17.5. The first-order chi connectivity index (χ1) is 23.0. The van der Waals surface area contributed by atoms with E-state index in [1.54, 1.807) is 0 Å². The second-order valence-corrected chi connectivity index (χ2v) is 12.7. The van der Waals surface area contributed by atoms with Crippen molar-refractivity contribution < 1.29 is 0 Å². The van der Waals surface area contributed by atoms with Crippen molar-refractivity contribution in [1.29, 1.82) is 0 Å². The highest BCUT2D eigenvalue weighted by Crippen LogP contribution is 2.31. The summed E-state index contributed by atoms with van der Waals surface area (Å²) in [6, 6.07) is 29.4. The number of unbranched alkanes of at least 4 members (excludes halogenated alkanes) is 4. The SMILES string of the molecule is CN(C)CCCCC/N=C\c1ccc(-c2nc(-c3ccc(/C=N/CCCCCN(C)C)cc3)nc3c2ccn3-c2ccccc2)cc1. The third-order valence-corrected chi connectivity index (χ3v) is 8.20. The van der Waals surface area contributed by atoms with Crippen LogP contribution in [0.15, 0.2) is 101 Å². The van der Waals surface area contributed by atoms with Gasteiger partial charge in [0, 0.05) is 53.9 Å². The van der Waals surface area contributed by atoms with Gasteiger partial charge in [-0.25, -0.2) is 9.97 Å². The van der Waals surface area contributed by atoms with Gasteiger partial charge in [0.05, 0.1) is 5.69 Å². The summed E-state index contributed by atoms with van der Waals surface area (Å²) in [7, 11) is 8.49. The van der Waals surface area contributed by atoms with Crippen LogP contribution in [0.1, 0.15) is 49.7 Å². The molecule has 47 heavy (non-hydrogen) atoms. The second-order valence-electron chi connectivity index (χ2n) is 12.7. The lowest BCUT2D eigenvalue weighted by Crippen LogP contribution is -2.12. The van der Waals surface area contributed by atoms with E-state index in [0.29, 0.717) is 5.82 Å². The Balaban J connectivity index is 1.35. The molecule has 0 aliphatic carbocycles. The van der Waals surface area contributed by atoms with Crippen molar-refractivity contribution in [2.75, 3.05) is 54.4 Å². The van der Waals surface area contributed by atoms with Crippen LogP contribution in [0.4, 0.5) is 0 Å². The van der Waals surface area contributed by atoms with Crippen LogP contribution in [0.25, 0.3) is 39.4 Å². The Bertz CT molecular complexity index is 1720. The lowest BCUT2D eigenvalue weighted by Gasteiger charge is -2.10. The summed E-state index contributed by atoms with van der Waals surface area (Å²) < 4.78 is 2.14. The van der Waals surface area contributed by atoms with E-state index in [1.165, 1.54) is 25.7 Å². The number of fused-ring (bicyclic) bond motifs is 1. The minimum atomic E-state index is 0.702. The number of benzene rings is 3. The molecule has 2 aromatic heterocycles. The van der Waals surface area contributed by atoms with Crippen LogP contribution in [0.3, 0.4) is 0 Å². The molecule has 0 unspecified atom stereocenters. The van der Waals surface area contributed by atoms with Gasteiger partial charge in [-0.15, -0.1) is 0 Å². The van der Waals surface area contributed by atoms with E-state index >= 15 is 0 Å². The molecular weight excluding hydrogens is 578 g/mol. The van der Waals surface area contributed by atoms with E-state index in [4.69, 9.17) is 9.97 Å². The first-order valence-electron chi connectivity index (χ1n) is 16.9. The van der Waals surface area contributed by atoms with Gasteiger partial charge in [-0.1, -0.05) is 79.6 Å². The molecule has 7 nitrogen and oxygen atoms in total. The normalized spacial score (nSPS) is 12.0. The molecule has 0 N–H and O–H groups in total. The Kier molecular flexibility index (Phi) is 12.6. The third kappa shape index (κ3) is 10.0. The van der Waals surface area contributed by atoms with Crippen molar-refractivity contribution in [3.8, 4) is 28.3 Å². The predicted molar refractivity (Wildman–Crippen MR) is 199 cm³/mol. The van der Waals surface area contributed by atoms with E-state index in [1.807, 2.05) is 18.5 Å². The van der Waals surface area contributed by atoms with Crippen LogP contribution in [-0.2, 0) is 0 Å². The van der Waals surface area contributed by atoms with Crippen LogP contribution >= 0.6 is 0 Å². The number of aromatic nitrogens is 3. The Morgan fingerprint density at radius 3 is 1.70 bits per heavy atom. The van der Waals surface area contributed by atoms with E-state index in [2.05, 4.69) is 138 Å². The van der Waals surface area contributed by atoms with Crippen LogP contribution in [0.2, 0.25) is 0 Å². The number of rotatable bonds is 17. The molecule has 0 radical (unpaired) electrons. The van der Waals surface area contributed by atoms with Crippen molar-refractivity contribution in [3.63, 3.8) is 0 Å². The van der Waals surface area contributed by atoms with E-state index < -0.39 is 0 Å². The van der Waals surface area contributed by atoms with Crippen molar-refractivity contribution >= 4 is 23.5 Å². The molecule has 5 aromatic rings. The minimum absolute atomic E-state index is 0.702. The third-order valence-electron chi connectivity index (χ3n) is 8.20. The Hall–Kier alpha value is -4.46. The van der Waals surface area contributed by atoms with Gasteiger partial charge in [-0.2, -0.15) is 0 Å². The summed E-state index contributed by atoms with van der Waals surface area (Å²) in [4.78, 5) is 24.0. The molecule has 0 saturated heterocycles. The maximum atomic E-state index is 5.14. The Morgan fingerprint density at radius 1 is 0.596 bits per heavy atom. The number of nitrogens with zero attached hydrogens (tertiary/aromatic N) is 7. The van der Waals surface area contributed by atoms with Gasteiger partial charge in [0.1, 0.15) is 5.65 Å². The van der Waals surface area contributed by atoms with Crippen molar-refractivity contribution in [1.82, 2.24) is 24.3 Å². The largest absolute Gasteiger partial charge is 0.309 e. The van der Waals surface area contributed by atoms with E-state index in [9.17, 15) is 0 Å². The summed E-state index contributed by atoms with van der Waals surface area (Å²) in [6.45, 7) is 3.99. The van der Waals surface area contributed by atoms with Gasteiger partial charge in [0.15, 0.2) is 5.82 Å². The molecule has 0 amide bonds. The monoisotopic (exact) mass is 627 g/mol. The Morgan fingerprint density at radius 2 is 1.15 bits per heavy atom. The molecule has 0 bridgehead atoms. The van der Waals surface area contributed by atoms with Crippen LogP contribution in [-0.4, -0.2) is 91.1 Å². The van der Waals surface area contributed by atoms with Gasteiger partial charge in [0.25, 0.3) is 0 Å². The summed E-state index contributed by atoms with van der Waals surface area (Å²) in [6.07, 6.45) is 13.1. The summed E-state index contributed by atoms with van der Waals surface area (Å²) >= 11 is 0. The maximum Gasteiger partial charge on any atom is 0.162 e. The van der Waals surface area contributed by atoms with Gasteiger partial charge in [0.2, 0.25) is 0 Å². The smallest absolute Gasteiger partial charge is 0.162 e. The molecule has 0 spiro atoms. The first-order valence-corrected chi connectivity index (χ1v) is 16.9. The highest BCUT2D eigenvalue weighted by molar-refractivity contribution is 5.94. The van der Waals surface area contributed by atoms with Gasteiger partial charge in [-0.3, -0.25) is 9.98 Å². The first kappa shape index (κ1) is 33.9. The molecule has 2 heterocycles. The number of para-hydroxylation sites is 1. The van der Waals surface area contributed by atoms with E-state index in [0.717, 1.165) is 83.7 Å². The maximum absolute atomic E-state index is 5.14. The minimum Gasteiger partial charge on any atom is -0.309 e. The highest BCUT2D eigenvalue weighted by atomic mass is 15.1. The summed E-state index contributed by atoms with van der Waals surface area (Å²) in [5, 5.41) is 1.02. The number of hydrogen-bond donors (Lipinski definition) is 0. The molecule has 0 fully saturated rings. The molecule has 244 valence electrons. The zero-order chi connectivity index (χ0) is 32.8. The fraction of sp³-hybridized carbons (Fsp3) is 0.350. The standard InChI is InChI=1S/C40H49N7/c1-45(2)27-12-6-10-25-41-30-32-16-20-34(21-17-32)38-37-24-29-47(36-14-8-5-9-15-36)40(37)44-39(43-38)35-22-18-33(19-23-35)31-42-26-11-7-13-28-46(3)4/h5,8-9,14-24,29-31H,6-7,10-13,25-28H2,1-4H3/b41-30-,42-31+.